The second-order valence-electron chi connectivity index (χ2n) is 5.12. The van der Waals surface area contributed by atoms with Gasteiger partial charge in [0.15, 0.2) is 0 Å². The number of amides is 2. The van der Waals surface area contributed by atoms with Crippen molar-refractivity contribution in [3.05, 3.63) is 35.9 Å². The van der Waals surface area contributed by atoms with Gasteiger partial charge in [-0.25, -0.2) is 0 Å². The molecular weight excluding hydrogens is 240 g/mol. The molecule has 1 aliphatic rings. The number of primary amides is 1. The van der Waals surface area contributed by atoms with Crippen LogP contribution in [0.1, 0.15) is 42.5 Å². The quantitative estimate of drug-likeness (QED) is 0.867. The largest absolute Gasteiger partial charge is 0.368 e. The first kappa shape index (κ1) is 13.6. The Balaban J connectivity index is 2.04. The van der Waals surface area contributed by atoms with Crippen LogP contribution in [0.25, 0.3) is 0 Å². The van der Waals surface area contributed by atoms with E-state index < -0.39 is 11.9 Å². The van der Waals surface area contributed by atoms with Crippen molar-refractivity contribution >= 4 is 11.8 Å². The van der Waals surface area contributed by atoms with Gasteiger partial charge in [0, 0.05) is 5.56 Å². The molecule has 19 heavy (non-hydrogen) atoms. The molecule has 0 radical (unpaired) electrons. The van der Waals surface area contributed by atoms with E-state index in [-0.39, 0.29) is 11.8 Å². The van der Waals surface area contributed by atoms with E-state index in [1.165, 1.54) is 6.42 Å². The van der Waals surface area contributed by atoms with Gasteiger partial charge in [-0.2, -0.15) is 0 Å². The zero-order valence-electron chi connectivity index (χ0n) is 11.0. The highest BCUT2D eigenvalue weighted by molar-refractivity contribution is 5.97. The molecule has 0 heterocycles. The van der Waals surface area contributed by atoms with E-state index >= 15 is 0 Å². The summed E-state index contributed by atoms with van der Waals surface area (Å²) in [7, 11) is 0. The van der Waals surface area contributed by atoms with Gasteiger partial charge in [0.1, 0.15) is 6.04 Å². The highest BCUT2D eigenvalue weighted by Gasteiger charge is 2.29. The summed E-state index contributed by atoms with van der Waals surface area (Å²) in [4.78, 5) is 23.7. The number of rotatable bonds is 4. The molecular formula is C15H20N2O2. The van der Waals surface area contributed by atoms with Crippen LogP contribution in [-0.2, 0) is 4.79 Å². The Hall–Kier alpha value is -1.84. The molecule has 3 N–H and O–H groups in total. The Kier molecular flexibility index (Phi) is 4.55. The lowest BCUT2D eigenvalue weighted by Gasteiger charge is -2.28. The molecule has 1 aromatic rings. The molecule has 102 valence electrons. The van der Waals surface area contributed by atoms with Gasteiger partial charge in [-0.05, 0) is 30.9 Å². The van der Waals surface area contributed by atoms with Gasteiger partial charge in [0.2, 0.25) is 5.91 Å². The third-order valence-electron chi connectivity index (χ3n) is 3.75. The van der Waals surface area contributed by atoms with Crippen molar-refractivity contribution in [1.82, 2.24) is 5.32 Å². The second kappa shape index (κ2) is 6.36. The first-order chi connectivity index (χ1) is 9.18. The maximum Gasteiger partial charge on any atom is 0.251 e. The van der Waals surface area contributed by atoms with E-state index in [4.69, 9.17) is 5.73 Å². The third-order valence-corrected chi connectivity index (χ3v) is 3.75. The second-order valence-corrected chi connectivity index (χ2v) is 5.12. The van der Waals surface area contributed by atoms with Crippen LogP contribution in [0, 0.1) is 5.92 Å². The zero-order valence-corrected chi connectivity index (χ0v) is 11.0. The summed E-state index contributed by atoms with van der Waals surface area (Å²) < 4.78 is 0. The van der Waals surface area contributed by atoms with Crippen LogP contribution in [0.5, 0.6) is 0 Å². The number of benzene rings is 1. The topological polar surface area (TPSA) is 72.2 Å². The number of hydrogen-bond donors (Lipinski definition) is 2. The van der Waals surface area contributed by atoms with Crippen LogP contribution in [0.3, 0.4) is 0 Å². The zero-order chi connectivity index (χ0) is 13.7. The van der Waals surface area contributed by atoms with Crippen LogP contribution < -0.4 is 11.1 Å². The van der Waals surface area contributed by atoms with Crippen molar-refractivity contribution in [1.29, 1.82) is 0 Å². The van der Waals surface area contributed by atoms with Crippen LogP contribution in [0.2, 0.25) is 0 Å². The molecule has 1 aromatic carbocycles. The van der Waals surface area contributed by atoms with Crippen molar-refractivity contribution in [3.8, 4) is 0 Å². The van der Waals surface area contributed by atoms with Crippen molar-refractivity contribution in [2.24, 2.45) is 11.7 Å². The SMILES string of the molecule is NC(=O)[C@H](NC(=O)c1ccccc1)C1CCCCC1. The van der Waals surface area contributed by atoms with Crippen LogP contribution >= 0.6 is 0 Å². The van der Waals surface area contributed by atoms with Gasteiger partial charge in [-0.3, -0.25) is 9.59 Å². The Morgan fingerprint density at radius 3 is 2.32 bits per heavy atom. The molecule has 2 rings (SSSR count). The van der Waals surface area contributed by atoms with Crippen molar-refractivity contribution in [3.63, 3.8) is 0 Å². The molecule has 0 aliphatic heterocycles. The Morgan fingerprint density at radius 1 is 1.11 bits per heavy atom. The fourth-order valence-electron chi connectivity index (χ4n) is 2.70. The molecule has 1 atom stereocenters. The van der Waals surface area contributed by atoms with Crippen molar-refractivity contribution in [2.75, 3.05) is 0 Å². The number of nitrogens with one attached hydrogen (secondary N) is 1. The third kappa shape index (κ3) is 3.56. The first-order valence-electron chi connectivity index (χ1n) is 6.83. The summed E-state index contributed by atoms with van der Waals surface area (Å²) in [5, 5.41) is 2.79. The molecule has 1 fully saturated rings. The average Bonchev–Trinajstić information content (AvgIpc) is 2.46. The Bertz CT molecular complexity index is 439. The van der Waals surface area contributed by atoms with E-state index in [2.05, 4.69) is 5.32 Å². The van der Waals surface area contributed by atoms with Crippen LogP contribution in [-0.4, -0.2) is 17.9 Å². The van der Waals surface area contributed by atoms with Crippen LogP contribution in [0.4, 0.5) is 0 Å². The van der Waals surface area contributed by atoms with Gasteiger partial charge in [-0.1, -0.05) is 37.5 Å². The number of nitrogens with two attached hydrogens (primary N) is 1. The van der Waals surface area contributed by atoms with Gasteiger partial charge in [0.25, 0.3) is 5.91 Å². The van der Waals surface area contributed by atoms with Gasteiger partial charge < -0.3 is 11.1 Å². The summed E-state index contributed by atoms with van der Waals surface area (Å²) >= 11 is 0. The summed E-state index contributed by atoms with van der Waals surface area (Å²) in [6, 6.07) is 8.36. The predicted octanol–water partition coefficient (Wildman–Crippen LogP) is 1.85. The number of carbonyl (C=O) groups excluding carboxylic acids is 2. The fourth-order valence-corrected chi connectivity index (χ4v) is 2.70. The van der Waals surface area contributed by atoms with Crippen LogP contribution in [0.15, 0.2) is 30.3 Å². The van der Waals surface area contributed by atoms with Crippen molar-refractivity contribution in [2.45, 2.75) is 38.1 Å². The maximum atomic E-state index is 12.1. The minimum Gasteiger partial charge on any atom is -0.368 e. The lowest BCUT2D eigenvalue weighted by atomic mass is 9.83. The van der Waals surface area contributed by atoms with Crippen molar-refractivity contribution < 1.29 is 9.59 Å². The fraction of sp³-hybridized carbons (Fsp3) is 0.467. The van der Waals surface area contributed by atoms with E-state index in [0.29, 0.717) is 5.56 Å². The molecule has 4 heteroatoms. The minimum atomic E-state index is -0.548. The molecule has 0 saturated heterocycles. The number of carbonyl (C=O) groups is 2. The van der Waals surface area contributed by atoms with Gasteiger partial charge >= 0.3 is 0 Å². The molecule has 2 amide bonds. The summed E-state index contributed by atoms with van der Waals surface area (Å²) in [6.45, 7) is 0. The smallest absolute Gasteiger partial charge is 0.251 e. The lowest BCUT2D eigenvalue weighted by Crippen LogP contribution is -2.49. The molecule has 0 unspecified atom stereocenters. The van der Waals surface area contributed by atoms with E-state index in [0.717, 1.165) is 25.7 Å². The average molecular weight is 260 g/mol. The predicted molar refractivity (Wildman–Crippen MR) is 73.5 cm³/mol. The number of hydrogen-bond acceptors (Lipinski definition) is 2. The highest BCUT2D eigenvalue weighted by atomic mass is 16.2. The Morgan fingerprint density at radius 2 is 1.74 bits per heavy atom. The first-order valence-corrected chi connectivity index (χ1v) is 6.83. The molecule has 1 saturated carbocycles. The van der Waals surface area contributed by atoms with E-state index in [1.54, 1.807) is 24.3 Å². The molecule has 4 nitrogen and oxygen atoms in total. The molecule has 1 aliphatic carbocycles. The monoisotopic (exact) mass is 260 g/mol. The van der Waals surface area contributed by atoms with E-state index in [1.807, 2.05) is 6.07 Å². The maximum absolute atomic E-state index is 12.1. The lowest BCUT2D eigenvalue weighted by molar-refractivity contribution is -0.121. The van der Waals surface area contributed by atoms with E-state index in [9.17, 15) is 9.59 Å². The van der Waals surface area contributed by atoms with Gasteiger partial charge in [0.05, 0.1) is 0 Å². The molecule has 0 bridgehead atoms. The minimum absolute atomic E-state index is 0.180. The normalized spacial score (nSPS) is 17.7. The Labute approximate surface area is 113 Å². The summed E-state index contributed by atoms with van der Waals surface area (Å²) in [6.07, 6.45) is 5.34. The highest BCUT2D eigenvalue weighted by Crippen LogP contribution is 2.26. The summed E-state index contributed by atoms with van der Waals surface area (Å²) in [5.41, 5.74) is 6.00. The molecule has 0 aromatic heterocycles. The van der Waals surface area contributed by atoms with Gasteiger partial charge in [-0.15, -0.1) is 0 Å². The molecule has 0 spiro atoms. The summed E-state index contributed by atoms with van der Waals surface area (Å²) in [5.74, 6) is -0.481. The standard InChI is InChI=1S/C15H20N2O2/c16-14(18)13(11-7-3-1-4-8-11)17-15(19)12-9-5-2-6-10-12/h2,5-6,9-11,13H,1,3-4,7-8H2,(H2,16,18)(H,17,19)/t13-/m1/s1.